The van der Waals surface area contributed by atoms with Crippen molar-refractivity contribution in [3.63, 3.8) is 0 Å². The molecule has 0 spiro atoms. The SMILES string of the molecule is CC[NH+](CC)CC.Nc1ccc(C(=O)[O-])cc1N. The Morgan fingerprint density at radius 1 is 1.11 bits per heavy atom. The highest BCUT2D eigenvalue weighted by atomic mass is 16.4. The van der Waals surface area contributed by atoms with Gasteiger partial charge in [-0.15, -0.1) is 0 Å². The Hall–Kier alpha value is -1.75. The lowest BCUT2D eigenvalue weighted by molar-refractivity contribution is -0.894. The van der Waals surface area contributed by atoms with E-state index < -0.39 is 5.97 Å². The van der Waals surface area contributed by atoms with Gasteiger partial charge in [-0.2, -0.15) is 0 Å². The number of carboxylic acids is 1. The molecule has 0 radical (unpaired) electrons. The van der Waals surface area contributed by atoms with Gasteiger partial charge in [0, 0.05) is 0 Å². The van der Waals surface area contributed by atoms with E-state index in [0.29, 0.717) is 5.69 Å². The van der Waals surface area contributed by atoms with Gasteiger partial charge in [0.15, 0.2) is 0 Å². The normalized spacial score (nSPS) is 9.78. The van der Waals surface area contributed by atoms with Gasteiger partial charge < -0.3 is 26.3 Å². The Morgan fingerprint density at radius 3 is 1.89 bits per heavy atom. The molecule has 0 fully saturated rings. The largest absolute Gasteiger partial charge is 0.545 e. The van der Waals surface area contributed by atoms with Gasteiger partial charge in [0.25, 0.3) is 0 Å². The second-order valence-corrected chi connectivity index (χ2v) is 3.94. The molecule has 1 rings (SSSR count). The van der Waals surface area contributed by atoms with Crippen molar-refractivity contribution in [1.82, 2.24) is 0 Å². The van der Waals surface area contributed by atoms with Crippen molar-refractivity contribution in [3.8, 4) is 0 Å². The number of carboxylic acid groups (broad SMARTS) is 1. The van der Waals surface area contributed by atoms with Gasteiger partial charge in [0.1, 0.15) is 0 Å². The molecule has 1 aromatic carbocycles. The molecule has 0 unspecified atom stereocenters. The summed E-state index contributed by atoms with van der Waals surface area (Å²) in [5.74, 6) is -1.25. The standard InChI is InChI=1S/C7H8N2O2.C6H15N/c8-5-2-1-4(7(10)11)3-6(5)9;1-4-7(5-2)6-3/h1-3H,8-9H2,(H,10,11);4-6H2,1-3H3. The average Bonchev–Trinajstić information content (AvgIpc) is 2.35. The van der Waals surface area contributed by atoms with E-state index in [1.54, 1.807) is 4.90 Å². The molecule has 5 nitrogen and oxygen atoms in total. The highest BCUT2D eigenvalue weighted by molar-refractivity contribution is 5.88. The van der Waals surface area contributed by atoms with Crippen LogP contribution >= 0.6 is 0 Å². The van der Waals surface area contributed by atoms with Crippen molar-refractivity contribution in [2.75, 3.05) is 31.1 Å². The third-order valence-corrected chi connectivity index (χ3v) is 2.82. The smallest absolute Gasteiger partial charge is 0.0742 e. The summed E-state index contributed by atoms with van der Waals surface area (Å²) in [6, 6.07) is 4.05. The summed E-state index contributed by atoms with van der Waals surface area (Å²) in [6.07, 6.45) is 0. The lowest BCUT2D eigenvalue weighted by Gasteiger charge is -2.10. The molecule has 0 aliphatic carbocycles. The van der Waals surface area contributed by atoms with Crippen LogP contribution in [0.3, 0.4) is 0 Å². The summed E-state index contributed by atoms with van der Waals surface area (Å²) in [7, 11) is 0. The van der Waals surface area contributed by atoms with Crippen molar-refractivity contribution < 1.29 is 14.8 Å². The lowest BCUT2D eigenvalue weighted by atomic mass is 10.2. The fourth-order valence-corrected chi connectivity index (χ4v) is 1.45. The van der Waals surface area contributed by atoms with Gasteiger partial charge in [0.05, 0.1) is 37.0 Å². The minimum Gasteiger partial charge on any atom is -0.545 e. The Kier molecular flexibility index (Phi) is 7.54. The van der Waals surface area contributed by atoms with Crippen LogP contribution in [0.4, 0.5) is 11.4 Å². The third-order valence-electron chi connectivity index (χ3n) is 2.82. The third kappa shape index (κ3) is 5.54. The summed E-state index contributed by atoms with van der Waals surface area (Å²) in [6.45, 7) is 10.5. The summed E-state index contributed by atoms with van der Waals surface area (Å²) in [4.78, 5) is 11.9. The molecule has 0 bridgehead atoms. The summed E-state index contributed by atoms with van der Waals surface area (Å²) in [5.41, 5.74) is 11.4. The van der Waals surface area contributed by atoms with Crippen molar-refractivity contribution in [2.45, 2.75) is 20.8 Å². The van der Waals surface area contributed by atoms with Crippen molar-refractivity contribution in [1.29, 1.82) is 0 Å². The molecule has 1 aromatic rings. The zero-order valence-corrected chi connectivity index (χ0v) is 11.3. The lowest BCUT2D eigenvalue weighted by Crippen LogP contribution is -3.11. The van der Waals surface area contributed by atoms with Gasteiger partial charge in [-0.1, -0.05) is 6.07 Å². The maximum atomic E-state index is 10.3. The molecular formula is C13H23N3O2. The van der Waals surface area contributed by atoms with Crippen LogP contribution in [0.5, 0.6) is 0 Å². The summed E-state index contributed by atoms with van der Waals surface area (Å²) in [5, 5.41) is 10.3. The number of benzene rings is 1. The zero-order chi connectivity index (χ0) is 14.1. The molecule has 0 aliphatic rings. The molecule has 0 saturated heterocycles. The number of rotatable bonds is 4. The molecule has 0 amide bonds. The number of nitrogen functional groups attached to an aromatic ring is 2. The molecule has 0 saturated carbocycles. The number of quaternary nitrogens is 1. The van der Waals surface area contributed by atoms with E-state index in [-0.39, 0.29) is 11.3 Å². The zero-order valence-electron chi connectivity index (χ0n) is 11.3. The molecule has 0 aromatic heterocycles. The maximum Gasteiger partial charge on any atom is 0.0742 e. The van der Waals surface area contributed by atoms with Crippen molar-refractivity contribution >= 4 is 17.3 Å². The molecule has 5 N–H and O–H groups in total. The summed E-state index contributed by atoms with van der Waals surface area (Å²) < 4.78 is 0. The van der Waals surface area contributed by atoms with Crippen LogP contribution in [0.25, 0.3) is 0 Å². The highest BCUT2D eigenvalue weighted by Crippen LogP contribution is 2.14. The number of anilines is 2. The van der Waals surface area contributed by atoms with Gasteiger partial charge in [-0.05, 0) is 38.5 Å². The fourth-order valence-electron chi connectivity index (χ4n) is 1.45. The number of aromatic carboxylic acids is 1. The maximum absolute atomic E-state index is 10.3. The molecule has 0 aliphatic heterocycles. The molecule has 0 atom stereocenters. The van der Waals surface area contributed by atoms with Crippen LogP contribution in [-0.2, 0) is 0 Å². The molecule has 0 heterocycles. The van der Waals surface area contributed by atoms with Crippen LogP contribution in [0.15, 0.2) is 18.2 Å². The van der Waals surface area contributed by atoms with Crippen LogP contribution in [0.2, 0.25) is 0 Å². The Bertz CT molecular complexity index is 371. The monoisotopic (exact) mass is 253 g/mol. The number of carbonyl (C=O) groups excluding carboxylic acids is 1. The van der Waals surface area contributed by atoms with Gasteiger partial charge in [-0.25, -0.2) is 0 Å². The second-order valence-electron chi connectivity index (χ2n) is 3.94. The topological polar surface area (TPSA) is 96.6 Å². The first kappa shape index (κ1) is 16.2. The number of hydrogen-bond donors (Lipinski definition) is 3. The number of nitrogens with one attached hydrogen (secondary N) is 1. The van der Waals surface area contributed by atoms with E-state index in [0.717, 1.165) is 0 Å². The van der Waals surface area contributed by atoms with E-state index in [2.05, 4.69) is 20.8 Å². The van der Waals surface area contributed by atoms with Crippen LogP contribution in [0.1, 0.15) is 31.1 Å². The minimum atomic E-state index is -1.25. The van der Waals surface area contributed by atoms with Gasteiger partial charge >= 0.3 is 0 Å². The van der Waals surface area contributed by atoms with Crippen LogP contribution in [-0.4, -0.2) is 25.6 Å². The van der Waals surface area contributed by atoms with E-state index in [9.17, 15) is 9.90 Å². The predicted molar refractivity (Wildman–Crippen MR) is 72.2 cm³/mol. The van der Waals surface area contributed by atoms with Crippen LogP contribution in [0, 0.1) is 0 Å². The summed E-state index contributed by atoms with van der Waals surface area (Å²) >= 11 is 0. The number of nitrogens with two attached hydrogens (primary N) is 2. The molecule has 18 heavy (non-hydrogen) atoms. The predicted octanol–water partition coefficient (Wildman–Crippen LogP) is -0.854. The minimum absolute atomic E-state index is 0.0386. The Labute approximate surface area is 108 Å². The first-order valence-electron chi connectivity index (χ1n) is 6.16. The van der Waals surface area contributed by atoms with Crippen molar-refractivity contribution in [3.05, 3.63) is 23.8 Å². The second kappa shape index (κ2) is 8.36. The first-order chi connectivity index (χ1) is 8.46. The Morgan fingerprint density at radius 2 is 1.61 bits per heavy atom. The first-order valence-corrected chi connectivity index (χ1v) is 6.16. The van der Waals surface area contributed by atoms with Gasteiger partial charge in [-0.3, -0.25) is 0 Å². The molecular weight excluding hydrogens is 230 g/mol. The highest BCUT2D eigenvalue weighted by Gasteiger charge is 1.96. The van der Waals surface area contributed by atoms with E-state index in [1.807, 2.05) is 0 Å². The van der Waals surface area contributed by atoms with Crippen LogP contribution < -0.4 is 21.5 Å². The van der Waals surface area contributed by atoms with Crippen molar-refractivity contribution in [2.24, 2.45) is 0 Å². The van der Waals surface area contributed by atoms with Gasteiger partial charge in [0.2, 0.25) is 0 Å². The van der Waals surface area contributed by atoms with E-state index in [4.69, 9.17) is 11.5 Å². The molecule has 5 heteroatoms. The Balaban J connectivity index is 0.000000360. The van der Waals surface area contributed by atoms with E-state index in [1.165, 1.54) is 37.8 Å². The fraction of sp³-hybridized carbons (Fsp3) is 0.462. The average molecular weight is 253 g/mol. The number of hydrogen-bond acceptors (Lipinski definition) is 4. The molecule has 102 valence electrons. The van der Waals surface area contributed by atoms with E-state index >= 15 is 0 Å². The quantitative estimate of drug-likeness (QED) is 0.609. The number of carbonyl (C=O) groups is 1.